The second kappa shape index (κ2) is 9.04. The average molecular weight is 273 g/mol. The molecule has 0 saturated heterocycles. The Bertz CT molecular complexity index is 282. The summed E-state index contributed by atoms with van der Waals surface area (Å²) in [5, 5.41) is 2.72. The van der Waals surface area contributed by atoms with Gasteiger partial charge in [-0.2, -0.15) is 0 Å². The fraction of sp³-hybridized carbons (Fsp3) is 0.857. The Labute approximate surface area is 116 Å². The summed E-state index contributed by atoms with van der Waals surface area (Å²) in [6.07, 6.45) is 1.12. The van der Waals surface area contributed by atoms with Crippen LogP contribution in [0.5, 0.6) is 0 Å². The van der Waals surface area contributed by atoms with Gasteiger partial charge in [0.15, 0.2) is 5.78 Å². The van der Waals surface area contributed by atoms with Crippen LogP contribution in [0.15, 0.2) is 0 Å². The summed E-state index contributed by atoms with van der Waals surface area (Å²) in [6, 6.07) is 0. The van der Waals surface area contributed by atoms with Crippen molar-refractivity contribution in [3.05, 3.63) is 0 Å². The Kier molecular flexibility index (Phi) is 8.59. The minimum Gasteiger partial charge on any atom is -0.371 e. The van der Waals surface area contributed by atoms with Gasteiger partial charge in [0, 0.05) is 13.0 Å². The first-order valence-corrected chi connectivity index (χ1v) is 6.74. The third-order valence-electron chi connectivity index (χ3n) is 2.17. The maximum atomic E-state index is 11.4. The average Bonchev–Trinajstić information content (AvgIpc) is 2.28. The third kappa shape index (κ3) is 13.3. The zero-order valence-electron chi connectivity index (χ0n) is 12.7. The standard InChI is InChI=1S/C14H27NO4/c1-11(2)18-9-12(16)7-6-8-15-13(17)10-19-14(3,4)5/h11H,6-10H2,1-5H3,(H,15,17). The van der Waals surface area contributed by atoms with Gasteiger partial charge in [0.1, 0.15) is 13.2 Å². The van der Waals surface area contributed by atoms with E-state index in [1.54, 1.807) is 0 Å². The van der Waals surface area contributed by atoms with E-state index in [9.17, 15) is 9.59 Å². The van der Waals surface area contributed by atoms with E-state index in [-0.39, 0.29) is 36.6 Å². The number of ketones is 1. The Hall–Kier alpha value is -0.940. The molecule has 0 aromatic rings. The molecular formula is C14H27NO4. The molecule has 0 spiro atoms. The lowest BCUT2D eigenvalue weighted by Crippen LogP contribution is -2.32. The van der Waals surface area contributed by atoms with E-state index < -0.39 is 0 Å². The molecule has 19 heavy (non-hydrogen) atoms. The molecule has 0 aromatic carbocycles. The lowest BCUT2D eigenvalue weighted by atomic mass is 10.2. The van der Waals surface area contributed by atoms with E-state index in [1.807, 2.05) is 34.6 Å². The summed E-state index contributed by atoms with van der Waals surface area (Å²) in [5.41, 5.74) is -0.318. The molecule has 0 heterocycles. The molecule has 0 atom stereocenters. The fourth-order valence-corrected chi connectivity index (χ4v) is 1.18. The van der Waals surface area contributed by atoms with Crippen LogP contribution in [0, 0.1) is 0 Å². The molecule has 5 heteroatoms. The maximum absolute atomic E-state index is 11.4. The van der Waals surface area contributed by atoms with Crippen molar-refractivity contribution in [1.29, 1.82) is 0 Å². The summed E-state index contributed by atoms with van der Waals surface area (Å²) < 4.78 is 10.5. The lowest BCUT2D eigenvalue weighted by molar-refractivity contribution is -0.130. The van der Waals surface area contributed by atoms with Crippen LogP contribution in [-0.2, 0) is 19.1 Å². The molecule has 112 valence electrons. The highest BCUT2D eigenvalue weighted by molar-refractivity contribution is 5.80. The zero-order chi connectivity index (χ0) is 14.9. The number of carbonyl (C=O) groups excluding carboxylic acids is 2. The second-order valence-corrected chi connectivity index (χ2v) is 5.75. The van der Waals surface area contributed by atoms with Crippen LogP contribution in [0.3, 0.4) is 0 Å². The lowest BCUT2D eigenvalue weighted by Gasteiger charge is -2.18. The van der Waals surface area contributed by atoms with Crippen LogP contribution in [0.25, 0.3) is 0 Å². The molecule has 0 aromatic heterocycles. The van der Waals surface area contributed by atoms with E-state index in [0.29, 0.717) is 19.4 Å². The predicted molar refractivity (Wildman–Crippen MR) is 74.0 cm³/mol. The van der Waals surface area contributed by atoms with Crippen molar-refractivity contribution in [2.45, 2.75) is 59.2 Å². The van der Waals surface area contributed by atoms with Gasteiger partial charge in [-0.1, -0.05) is 0 Å². The summed E-state index contributed by atoms with van der Waals surface area (Å²) in [5.74, 6) is -0.0882. The largest absolute Gasteiger partial charge is 0.371 e. The monoisotopic (exact) mass is 273 g/mol. The molecule has 0 bridgehead atoms. The van der Waals surface area contributed by atoms with Crippen molar-refractivity contribution in [3.63, 3.8) is 0 Å². The molecule has 0 aliphatic carbocycles. The normalized spacial score (nSPS) is 11.7. The number of carbonyl (C=O) groups is 2. The van der Waals surface area contributed by atoms with Gasteiger partial charge in [-0.3, -0.25) is 9.59 Å². The molecule has 1 amide bonds. The van der Waals surface area contributed by atoms with Crippen molar-refractivity contribution in [2.75, 3.05) is 19.8 Å². The highest BCUT2D eigenvalue weighted by Gasteiger charge is 2.12. The highest BCUT2D eigenvalue weighted by Crippen LogP contribution is 2.05. The molecule has 0 radical (unpaired) electrons. The van der Waals surface area contributed by atoms with Gasteiger partial charge in [-0.15, -0.1) is 0 Å². The van der Waals surface area contributed by atoms with Crippen molar-refractivity contribution in [3.8, 4) is 0 Å². The van der Waals surface area contributed by atoms with Crippen molar-refractivity contribution in [1.82, 2.24) is 5.32 Å². The first-order chi connectivity index (χ1) is 8.70. The number of hydrogen-bond acceptors (Lipinski definition) is 4. The van der Waals surface area contributed by atoms with E-state index in [0.717, 1.165) is 0 Å². The van der Waals surface area contributed by atoms with E-state index in [1.165, 1.54) is 0 Å². The molecule has 0 rings (SSSR count). The summed E-state index contributed by atoms with van der Waals surface area (Å²) >= 11 is 0. The van der Waals surface area contributed by atoms with E-state index in [2.05, 4.69) is 5.32 Å². The summed E-state index contributed by atoms with van der Waals surface area (Å²) in [4.78, 5) is 22.8. The molecule has 0 fully saturated rings. The topological polar surface area (TPSA) is 64.6 Å². The fourth-order valence-electron chi connectivity index (χ4n) is 1.18. The van der Waals surface area contributed by atoms with Crippen LogP contribution in [-0.4, -0.2) is 43.2 Å². The molecule has 0 aliphatic rings. The van der Waals surface area contributed by atoms with Gasteiger partial charge in [-0.05, 0) is 41.0 Å². The van der Waals surface area contributed by atoms with Gasteiger partial charge in [-0.25, -0.2) is 0 Å². The van der Waals surface area contributed by atoms with Crippen LogP contribution >= 0.6 is 0 Å². The van der Waals surface area contributed by atoms with Crippen molar-refractivity contribution < 1.29 is 19.1 Å². The van der Waals surface area contributed by atoms with Crippen LogP contribution in [0.2, 0.25) is 0 Å². The Morgan fingerprint density at radius 1 is 1.16 bits per heavy atom. The predicted octanol–water partition coefficient (Wildman–Crippen LogP) is 1.69. The number of ether oxygens (including phenoxy) is 2. The Balaban J connectivity index is 3.53. The number of Topliss-reactive ketones (excluding diaryl/α,β-unsaturated/α-hetero) is 1. The number of hydrogen-bond donors (Lipinski definition) is 1. The molecule has 0 aliphatic heterocycles. The van der Waals surface area contributed by atoms with Gasteiger partial charge >= 0.3 is 0 Å². The van der Waals surface area contributed by atoms with Crippen LogP contribution in [0.4, 0.5) is 0 Å². The second-order valence-electron chi connectivity index (χ2n) is 5.75. The maximum Gasteiger partial charge on any atom is 0.246 e. The zero-order valence-corrected chi connectivity index (χ0v) is 12.7. The third-order valence-corrected chi connectivity index (χ3v) is 2.17. The van der Waals surface area contributed by atoms with Crippen LogP contribution in [0.1, 0.15) is 47.5 Å². The molecule has 1 N–H and O–H groups in total. The molecule has 0 unspecified atom stereocenters. The van der Waals surface area contributed by atoms with Gasteiger partial charge < -0.3 is 14.8 Å². The number of nitrogens with one attached hydrogen (secondary N) is 1. The number of amides is 1. The molecular weight excluding hydrogens is 246 g/mol. The van der Waals surface area contributed by atoms with E-state index >= 15 is 0 Å². The molecule has 5 nitrogen and oxygen atoms in total. The smallest absolute Gasteiger partial charge is 0.246 e. The van der Waals surface area contributed by atoms with Crippen molar-refractivity contribution in [2.24, 2.45) is 0 Å². The van der Waals surface area contributed by atoms with Gasteiger partial charge in [0.25, 0.3) is 0 Å². The minimum atomic E-state index is -0.318. The highest BCUT2D eigenvalue weighted by atomic mass is 16.5. The molecule has 0 saturated carbocycles. The van der Waals surface area contributed by atoms with E-state index in [4.69, 9.17) is 9.47 Å². The SMILES string of the molecule is CC(C)OCC(=O)CCCNC(=O)COC(C)(C)C. The number of rotatable bonds is 9. The first-order valence-electron chi connectivity index (χ1n) is 6.74. The van der Waals surface area contributed by atoms with Crippen LogP contribution < -0.4 is 5.32 Å². The first kappa shape index (κ1) is 18.1. The minimum absolute atomic E-state index is 0.0495. The van der Waals surface area contributed by atoms with Gasteiger partial charge in [0.2, 0.25) is 5.91 Å². The quantitative estimate of drug-likeness (QED) is 0.649. The summed E-state index contributed by atoms with van der Waals surface area (Å²) in [7, 11) is 0. The Morgan fingerprint density at radius 3 is 2.32 bits per heavy atom. The van der Waals surface area contributed by atoms with Crippen molar-refractivity contribution >= 4 is 11.7 Å². The van der Waals surface area contributed by atoms with Gasteiger partial charge in [0.05, 0.1) is 11.7 Å². The summed E-state index contributed by atoms with van der Waals surface area (Å²) in [6.45, 7) is 10.2. The Morgan fingerprint density at radius 2 is 1.79 bits per heavy atom.